The summed E-state index contributed by atoms with van der Waals surface area (Å²) in [6, 6.07) is 5.97. The Morgan fingerprint density at radius 3 is 2.33 bits per heavy atom. The second kappa shape index (κ2) is 12.5. The maximum atomic E-state index is 13.1. The summed E-state index contributed by atoms with van der Waals surface area (Å²) in [6.07, 6.45) is 0.917. The van der Waals surface area contributed by atoms with E-state index in [9.17, 15) is 19.3 Å². The van der Waals surface area contributed by atoms with E-state index < -0.39 is 39.3 Å². The van der Waals surface area contributed by atoms with Gasteiger partial charge in [-0.3, -0.25) is 9.05 Å². The summed E-state index contributed by atoms with van der Waals surface area (Å²) in [5.41, 5.74) is 2.01. The molecule has 0 spiro atoms. The predicted molar refractivity (Wildman–Crippen MR) is 121 cm³/mol. The van der Waals surface area contributed by atoms with Crippen LogP contribution in [0.5, 0.6) is 5.75 Å². The van der Waals surface area contributed by atoms with Gasteiger partial charge >= 0.3 is 19.8 Å². The highest BCUT2D eigenvalue weighted by molar-refractivity contribution is 7.48. The second-order valence-electron chi connectivity index (χ2n) is 8.30. The fourth-order valence-electron chi connectivity index (χ4n) is 3.44. The van der Waals surface area contributed by atoms with Gasteiger partial charge < -0.3 is 14.6 Å². The van der Waals surface area contributed by atoms with Gasteiger partial charge in [-0.25, -0.2) is 18.7 Å². The third-order valence-corrected chi connectivity index (χ3v) is 6.86. The number of rotatable bonds is 15. The quantitative estimate of drug-likeness (QED) is 0.202. The number of carbonyl (C=O) groups excluding carboxylic acids is 1. The molecule has 1 N–H and O–H groups in total. The number of phosphoric acid groups is 1. The number of carboxylic acid groups (broad SMARTS) is 1. The molecule has 0 radical (unpaired) electrons. The molecule has 0 saturated heterocycles. The number of hydrogen-bond acceptors (Lipinski definition) is 8. The molecule has 0 amide bonds. The zero-order valence-electron chi connectivity index (χ0n) is 19.9. The molecule has 1 aliphatic carbocycles. The van der Waals surface area contributed by atoms with Crippen molar-refractivity contribution in [2.24, 2.45) is 5.92 Å². The van der Waals surface area contributed by atoms with Gasteiger partial charge in [-0.15, -0.1) is 0 Å². The van der Waals surface area contributed by atoms with Crippen molar-refractivity contribution in [1.82, 2.24) is 0 Å². The Bertz CT molecular complexity index is 850. The Hall–Kier alpha value is -1.93. The van der Waals surface area contributed by atoms with Crippen molar-refractivity contribution in [1.29, 1.82) is 0 Å². The van der Waals surface area contributed by atoms with Gasteiger partial charge in [-0.2, -0.15) is 0 Å². The molecule has 1 aliphatic rings. The van der Waals surface area contributed by atoms with Gasteiger partial charge in [-0.05, 0) is 55.1 Å². The molecule has 10 heteroatoms. The first kappa shape index (κ1) is 27.3. The van der Waals surface area contributed by atoms with Crippen molar-refractivity contribution >= 4 is 19.8 Å². The molecule has 1 aromatic carbocycles. The molecule has 9 nitrogen and oxygen atoms in total. The van der Waals surface area contributed by atoms with E-state index in [1.165, 1.54) is 12.8 Å². The van der Waals surface area contributed by atoms with Gasteiger partial charge in [0, 0.05) is 0 Å². The molecule has 1 saturated carbocycles. The molecule has 0 aliphatic heterocycles. The molecule has 0 bridgehead atoms. The van der Waals surface area contributed by atoms with Crippen molar-refractivity contribution < 1.29 is 42.3 Å². The lowest BCUT2D eigenvalue weighted by molar-refractivity contribution is -0.148. The SMILES string of the molecule is CCOC(=O)COP(=O)(OCOc1c(C(C)C)cccc1[C@H](C)C1CC1)OC(CC)C(=O)O. The number of para-hydroxylation sites is 1. The number of carbonyl (C=O) groups is 2. The highest BCUT2D eigenvalue weighted by atomic mass is 31.2. The van der Waals surface area contributed by atoms with Gasteiger partial charge in [0.25, 0.3) is 0 Å². The summed E-state index contributed by atoms with van der Waals surface area (Å²) in [5.74, 6) is -0.398. The maximum Gasteiger partial charge on any atom is 0.479 e. The lowest BCUT2D eigenvalue weighted by Crippen LogP contribution is -2.24. The van der Waals surface area contributed by atoms with E-state index in [-0.39, 0.29) is 18.9 Å². The zero-order valence-corrected chi connectivity index (χ0v) is 20.8. The number of esters is 1. The van der Waals surface area contributed by atoms with Crippen LogP contribution in [0.4, 0.5) is 0 Å². The zero-order chi connectivity index (χ0) is 24.6. The summed E-state index contributed by atoms with van der Waals surface area (Å²) >= 11 is 0. The van der Waals surface area contributed by atoms with Crippen LogP contribution in [-0.4, -0.2) is 43.2 Å². The van der Waals surface area contributed by atoms with Crippen molar-refractivity contribution in [3.8, 4) is 5.75 Å². The van der Waals surface area contributed by atoms with E-state index >= 15 is 0 Å². The fraction of sp³-hybridized carbons (Fsp3) is 0.652. The monoisotopic (exact) mass is 486 g/mol. The normalized spacial score (nSPS) is 17.3. The van der Waals surface area contributed by atoms with E-state index in [2.05, 4.69) is 6.92 Å². The van der Waals surface area contributed by atoms with Crippen LogP contribution >= 0.6 is 7.82 Å². The van der Waals surface area contributed by atoms with Crippen LogP contribution < -0.4 is 4.74 Å². The first-order valence-corrected chi connectivity index (χ1v) is 12.8. The van der Waals surface area contributed by atoms with Crippen LogP contribution in [0.2, 0.25) is 0 Å². The summed E-state index contributed by atoms with van der Waals surface area (Å²) in [6.45, 7) is 8.29. The Kier molecular flexibility index (Phi) is 10.4. The molecule has 33 heavy (non-hydrogen) atoms. The van der Waals surface area contributed by atoms with Crippen LogP contribution in [0, 0.1) is 5.92 Å². The predicted octanol–water partition coefficient (Wildman–Crippen LogP) is 5.24. The third kappa shape index (κ3) is 8.10. The number of hydrogen-bond donors (Lipinski definition) is 1. The Morgan fingerprint density at radius 1 is 1.12 bits per heavy atom. The van der Waals surface area contributed by atoms with Crippen LogP contribution in [0.1, 0.15) is 76.8 Å². The van der Waals surface area contributed by atoms with E-state index in [0.29, 0.717) is 17.6 Å². The number of ether oxygens (including phenoxy) is 2. The van der Waals surface area contributed by atoms with E-state index in [4.69, 9.17) is 23.0 Å². The van der Waals surface area contributed by atoms with Gasteiger partial charge in [0.1, 0.15) is 5.75 Å². The van der Waals surface area contributed by atoms with Crippen molar-refractivity contribution in [2.45, 2.75) is 71.8 Å². The lowest BCUT2D eigenvalue weighted by atomic mass is 9.90. The first-order chi connectivity index (χ1) is 15.6. The van der Waals surface area contributed by atoms with Crippen LogP contribution in [0.15, 0.2) is 18.2 Å². The number of aliphatic carboxylic acids is 1. The van der Waals surface area contributed by atoms with Crippen molar-refractivity contribution in [2.75, 3.05) is 20.0 Å². The Labute approximate surface area is 195 Å². The van der Waals surface area contributed by atoms with Crippen LogP contribution in [0.25, 0.3) is 0 Å². The van der Waals surface area contributed by atoms with Gasteiger partial charge in [0.05, 0.1) is 6.61 Å². The molecule has 0 aromatic heterocycles. The molecule has 186 valence electrons. The van der Waals surface area contributed by atoms with Crippen molar-refractivity contribution in [3.05, 3.63) is 29.3 Å². The highest BCUT2D eigenvalue weighted by Gasteiger charge is 2.36. The minimum atomic E-state index is -4.45. The number of phosphoric ester groups is 1. The molecule has 3 atom stereocenters. The largest absolute Gasteiger partial charge is 0.479 e. The highest BCUT2D eigenvalue weighted by Crippen LogP contribution is 2.51. The second-order valence-corrected chi connectivity index (χ2v) is 9.93. The molecular weight excluding hydrogens is 451 g/mol. The maximum absolute atomic E-state index is 13.1. The van der Waals surface area contributed by atoms with Crippen molar-refractivity contribution in [3.63, 3.8) is 0 Å². The molecule has 2 unspecified atom stereocenters. The van der Waals surface area contributed by atoms with E-state index in [1.807, 2.05) is 32.0 Å². The summed E-state index contributed by atoms with van der Waals surface area (Å²) in [7, 11) is -4.45. The Balaban J connectivity index is 2.18. The summed E-state index contributed by atoms with van der Waals surface area (Å²) in [4.78, 5) is 23.0. The van der Waals surface area contributed by atoms with E-state index in [1.54, 1.807) is 13.8 Å². The first-order valence-electron chi connectivity index (χ1n) is 11.3. The summed E-state index contributed by atoms with van der Waals surface area (Å²) < 4.78 is 39.3. The summed E-state index contributed by atoms with van der Waals surface area (Å²) in [5, 5.41) is 9.27. The molecule has 1 aromatic rings. The average molecular weight is 486 g/mol. The number of benzene rings is 1. The van der Waals surface area contributed by atoms with Crippen LogP contribution in [-0.2, 0) is 32.5 Å². The fourth-order valence-corrected chi connectivity index (χ4v) is 4.63. The molecule has 0 heterocycles. The Morgan fingerprint density at radius 2 is 1.79 bits per heavy atom. The standard InChI is InChI=1S/C23H35O9P/c1-6-20(23(25)26)32-33(27,30-13-21(24)28-7-2)31-14-29-22-18(15(3)4)9-8-10-19(22)16(5)17-11-12-17/h8-10,15-17,20H,6-7,11-14H2,1-5H3,(H,25,26)/t16-,20?,33?/m1/s1. The third-order valence-electron chi connectivity index (χ3n) is 5.48. The minimum Gasteiger partial charge on any atom is -0.479 e. The average Bonchev–Trinajstić information content (AvgIpc) is 3.61. The van der Waals surface area contributed by atoms with Gasteiger partial charge in [0.15, 0.2) is 19.5 Å². The lowest BCUT2D eigenvalue weighted by Gasteiger charge is -2.24. The smallest absolute Gasteiger partial charge is 0.479 e. The van der Waals surface area contributed by atoms with E-state index in [0.717, 1.165) is 11.1 Å². The topological polar surface area (TPSA) is 118 Å². The number of carboxylic acids is 1. The van der Waals surface area contributed by atoms with Gasteiger partial charge in [-0.1, -0.05) is 45.9 Å². The van der Waals surface area contributed by atoms with Crippen LogP contribution in [0.3, 0.4) is 0 Å². The molecular formula is C23H35O9P. The minimum absolute atomic E-state index is 0.0194. The molecule has 2 rings (SSSR count). The molecule has 1 fully saturated rings. The van der Waals surface area contributed by atoms with Gasteiger partial charge in [0.2, 0.25) is 0 Å².